The van der Waals surface area contributed by atoms with Crippen molar-refractivity contribution in [3.63, 3.8) is 0 Å². The molecule has 2 N–H and O–H groups in total. The van der Waals surface area contributed by atoms with Gasteiger partial charge in [0.1, 0.15) is 0 Å². The van der Waals surface area contributed by atoms with Crippen molar-refractivity contribution >= 4 is 6.01 Å². The first-order chi connectivity index (χ1) is 7.81. The standard InChI is InChI=1S/C10H20N4O2/c1-3-5-14(6-7-15)10-13-12-9(16-10)8-11-4-2/h11,15H,3-8H2,1-2H3. The molecule has 16 heavy (non-hydrogen) atoms. The fourth-order valence-electron chi connectivity index (χ4n) is 1.37. The highest BCUT2D eigenvalue weighted by Gasteiger charge is 2.12. The third-order valence-corrected chi connectivity index (χ3v) is 2.12. The number of nitrogens with one attached hydrogen (secondary N) is 1. The van der Waals surface area contributed by atoms with Gasteiger partial charge in [0.2, 0.25) is 5.89 Å². The molecule has 0 atom stereocenters. The van der Waals surface area contributed by atoms with Crippen LogP contribution in [-0.2, 0) is 6.54 Å². The predicted molar refractivity (Wildman–Crippen MR) is 61.3 cm³/mol. The van der Waals surface area contributed by atoms with Gasteiger partial charge in [-0.2, -0.15) is 0 Å². The highest BCUT2D eigenvalue weighted by Crippen LogP contribution is 2.12. The van der Waals surface area contributed by atoms with Gasteiger partial charge in [-0.25, -0.2) is 0 Å². The van der Waals surface area contributed by atoms with Gasteiger partial charge < -0.3 is 19.7 Å². The van der Waals surface area contributed by atoms with Crippen molar-refractivity contribution in [2.45, 2.75) is 26.8 Å². The first-order valence-corrected chi connectivity index (χ1v) is 5.70. The summed E-state index contributed by atoms with van der Waals surface area (Å²) in [4.78, 5) is 1.89. The van der Waals surface area contributed by atoms with Crippen LogP contribution in [0.25, 0.3) is 0 Å². The summed E-state index contributed by atoms with van der Waals surface area (Å²) in [7, 11) is 0. The van der Waals surface area contributed by atoms with Gasteiger partial charge in [-0.15, -0.1) is 5.10 Å². The van der Waals surface area contributed by atoms with E-state index in [2.05, 4.69) is 22.4 Å². The second-order valence-electron chi connectivity index (χ2n) is 3.47. The molecule has 6 heteroatoms. The summed E-state index contributed by atoms with van der Waals surface area (Å²) >= 11 is 0. The van der Waals surface area contributed by atoms with E-state index in [0.717, 1.165) is 19.5 Å². The molecule has 0 saturated carbocycles. The lowest BCUT2D eigenvalue weighted by Crippen LogP contribution is -2.27. The molecule has 1 heterocycles. The van der Waals surface area contributed by atoms with Gasteiger partial charge >= 0.3 is 6.01 Å². The zero-order valence-electron chi connectivity index (χ0n) is 9.94. The van der Waals surface area contributed by atoms with E-state index in [1.165, 1.54) is 0 Å². The summed E-state index contributed by atoms with van der Waals surface area (Å²) in [6.07, 6.45) is 0.977. The minimum atomic E-state index is 0.0882. The maximum atomic E-state index is 8.93. The average molecular weight is 228 g/mol. The van der Waals surface area contributed by atoms with Crippen LogP contribution in [0.1, 0.15) is 26.2 Å². The van der Waals surface area contributed by atoms with Crippen LogP contribution in [0.5, 0.6) is 0 Å². The molecule has 0 radical (unpaired) electrons. The minimum absolute atomic E-state index is 0.0882. The molecule has 0 amide bonds. The normalized spacial score (nSPS) is 10.7. The lowest BCUT2D eigenvalue weighted by atomic mass is 10.4. The molecule has 0 spiro atoms. The van der Waals surface area contributed by atoms with Crippen LogP contribution in [0.2, 0.25) is 0 Å². The van der Waals surface area contributed by atoms with Crippen molar-refractivity contribution in [3.05, 3.63) is 5.89 Å². The molecule has 0 bridgehead atoms. The maximum Gasteiger partial charge on any atom is 0.318 e. The number of nitrogens with zero attached hydrogens (tertiary/aromatic N) is 3. The van der Waals surface area contributed by atoms with Crippen molar-refractivity contribution in [1.82, 2.24) is 15.5 Å². The summed E-state index contributed by atoms with van der Waals surface area (Å²) in [5.74, 6) is 0.580. The first kappa shape index (κ1) is 12.9. The van der Waals surface area contributed by atoms with E-state index in [1.807, 2.05) is 11.8 Å². The monoisotopic (exact) mass is 228 g/mol. The van der Waals surface area contributed by atoms with Crippen molar-refractivity contribution in [1.29, 1.82) is 0 Å². The fourth-order valence-corrected chi connectivity index (χ4v) is 1.37. The Hall–Kier alpha value is -1.14. The molecule has 1 aromatic rings. The van der Waals surface area contributed by atoms with Crippen LogP contribution in [-0.4, -0.2) is 41.5 Å². The molecule has 92 valence electrons. The Morgan fingerprint density at radius 3 is 2.75 bits per heavy atom. The lowest BCUT2D eigenvalue weighted by Gasteiger charge is -2.17. The van der Waals surface area contributed by atoms with Gasteiger partial charge in [0.05, 0.1) is 13.2 Å². The third kappa shape index (κ3) is 3.79. The van der Waals surface area contributed by atoms with Crippen molar-refractivity contribution in [3.8, 4) is 0 Å². The zero-order chi connectivity index (χ0) is 11.8. The molecule has 0 saturated heterocycles. The highest BCUT2D eigenvalue weighted by atomic mass is 16.4. The number of hydrogen-bond acceptors (Lipinski definition) is 6. The van der Waals surface area contributed by atoms with Crippen LogP contribution in [0, 0.1) is 0 Å². The van der Waals surface area contributed by atoms with Gasteiger partial charge in [-0.05, 0) is 13.0 Å². The van der Waals surface area contributed by atoms with Crippen molar-refractivity contribution < 1.29 is 9.52 Å². The highest BCUT2D eigenvalue weighted by molar-refractivity contribution is 5.23. The van der Waals surface area contributed by atoms with Crippen LogP contribution in [0.15, 0.2) is 4.42 Å². The van der Waals surface area contributed by atoms with Gasteiger partial charge in [-0.3, -0.25) is 0 Å². The molecule has 0 aliphatic carbocycles. The molecule has 0 fully saturated rings. The topological polar surface area (TPSA) is 74.4 Å². The van der Waals surface area contributed by atoms with E-state index in [0.29, 0.717) is 25.0 Å². The van der Waals surface area contributed by atoms with Crippen LogP contribution in [0.4, 0.5) is 6.01 Å². The van der Waals surface area contributed by atoms with Gasteiger partial charge in [0, 0.05) is 13.1 Å². The Balaban J connectivity index is 2.58. The number of aliphatic hydroxyl groups excluding tert-OH is 1. The second-order valence-corrected chi connectivity index (χ2v) is 3.47. The van der Waals surface area contributed by atoms with Crippen LogP contribution < -0.4 is 10.2 Å². The molecule has 0 aliphatic heterocycles. The second kappa shape index (κ2) is 7.19. The Morgan fingerprint density at radius 2 is 2.12 bits per heavy atom. The van der Waals surface area contributed by atoms with Crippen molar-refractivity contribution in [2.75, 3.05) is 31.1 Å². The van der Waals surface area contributed by atoms with Gasteiger partial charge in [-0.1, -0.05) is 18.9 Å². The fraction of sp³-hybridized carbons (Fsp3) is 0.800. The lowest BCUT2D eigenvalue weighted by molar-refractivity contribution is 0.298. The van der Waals surface area contributed by atoms with E-state index >= 15 is 0 Å². The molecule has 0 aliphatic rings. The van der Waals surface area contributed by atoms with Gasteiger partial charge in [0.15, 0.2) is 0 Å². The molecule has 0 unspecified atom stereocenters. The summed E-state index contributed by atoms with van der Waals surface area (Å²) < 4.78 is 5.48. The zero-order valence-corrected chi connectivity index (χ0v) is 9.94. The molecular weight excluding hydrogens is 208 g/mol. The number of aliphatic hydroxyl groups is 1. The number of rotatable bonds is 8. The van der Waals surface area contributed by atoms with Crippen LogP contribution >= 0.6 is 0 Å². The first-order valence-electron chi connectivity index (χ1n) is 5.70. The van der Waals surface area contributed by atoms with Gasteiger partial charge in [0.25, 0.3) is 0 Å². The summed E-state index contributed by atoms with van der Waals surface area (Å²) in [5, 5.41) is 19.9. The quantitative estimate of drug-likeness (QED) is 0.670. The van der Waals surface area contributed by atoms with E-state index in [-0.39, 0.29) is 6.61 Å². The van der Waals surface area contributed by atoms with E-state index in [4.69, 9.17) is 9.52 Å². The number of aromatic nitrogens is 2. The smallest absolute Gasteiger partial charge is 0.318 e. The molecule has 6 nitrogen and oxygen atoms in total. The Kier molecular flexibility index (Phi) is 5.81. The van der Waals surface area contributed by atoms with E-state index in [9.17, 15) is 0 Å². The summed E-state index contributed by atoms with van der Waals surface area (Å²) in [6, 6.07) is 0.490. The summed E-state index contributed by atoms with van der Waals surface area (Å²) in [5.41, 5.74) is 0. The molecule has 1 aromatic heterocycles. The SMILES string of the molecule is CCCN(CCO)c1nnc(CNCC)o1. The van der Waals surface area contributed by atoms with E-state index < -0.39 is 0 Å². The summed E-state index contributed by atoms with van der Waals surface area (Å²) in [6.45, 7) is 6.97. The molecule has 1 rings (SSSR count). The third-order valence-electron chi connectivity index (χ3n) is 2.12. The van der Waals surface area contributed by atoms with Crippen LogP contribution in [0.3, 0.4) is 0 Å². The Bertz CT molecular complexity index is 284. The minimum Gasteiger partial charge on any atom is -0.407 e. The average Bonchev–Trinajstić information content (AvgIpc) is 2.74. The number of anilines is 1. The largest absolute Gasteiger partial charge is 0.407 e. The Morgan fingerprint density at radius 1 is 1.31 bits per heavy atom. The number of hydrogen-bond donors (Lipinski definition) is 2. The molecule has 0 aromatic carbocycles. The van der Waals surface area contributed by atoms with E-state index in [1.54, 1.807) is 0 Å². The predicted octanol–water partition coefficient (Wildman–Crippen LogP) is 0.388. The maximum absolute atomic E-state index is 8.93. The van der Waals surface area contributed by atoms with Crippen molar-refractivity contribution in [2.24, 2.45) is 0 Å². The Labute approximate surface area is 95.7 Å². The molecular formula is C10H20N4O2.